The van der Waals surface area contributed by atoms with Crippen LogP contribution < -0.4 is 16.0 Å². The summed E-state index contributed by atoms with van der Waals surface area (Å²) >= 11 is 5.95. The molecule has 28 heavy (non-hydrogen) atoms. The van der Waals surface area contributed by atoms with Crippen LogP contribution in [0.1, 0.15) is 15.9 Å². The average Bonchev–Trinajstić information content (AvgIpc) is 2.72. The zero-order chi connectivity index (χ0) is 19.2. The molecule has 1 aliphatic rings. The minimum Gasteiger partial charge on any atom is -0.370 e. The van der Waals surface area contributed by atoms with Gasteiger partial charge in [0.2, 0.25) is 0 Å². The number of nitrogens with zero attached hydrogens (tertiary/aromatic N) is 3. The summed E-state index contributed by atoms with van der Waals surface area (Å²) < 4.78 is 0. The van der Waals surface area contributed by atoms with Crippen LogP contribution in [0.3, 0.4) is 0 Å². The second kappa shape index (κ2) is 10.5. The van der Waals surface area contributed by atoms with E-state index in [1.807, 2.05) is 36.4 Å². The van der Waals surface area contributed by atoms with Crippen molar-refractivity contribution in [3.63, 3.8) is 0 Å². The van der Waals surface area contributed by atoms with Crippen LogP contribution >= 0.6 is 35.6 Å². The summed E-state index contributed by atoms with van der Waals surface area (Å²) in [5.74, 6) is 0.462. The van der Waals surface area contributed by atoms with E-state index < -0.39 is 0 Å². The van der Waals surface area contributed by atoms with Crippen molar-refractivity contribution >= 4 is 53.1 Å². The van der Waals surface area contributed by atoms with Crippen molar-refractivity contribution in [2.45, 2.75) is 6.54 Å². The first-order chi connectivity index (χ1) is 13.1. The van der Waals surface area contributed by atoms with Crippen molar-refractivity contribution in [3.05, 3.63) is 64.7 Å². The number of guanidine groups is 1. The number of piperazine rings is 1. The van der Waals surface area contributed by atoms with Crippen LogP contribution in [0.4, 0.5) is 5.69 Å². The third kappa shape index (κ3) is 5.75. The van der Waals surface area contributed by atoms with Gasteiger partial charge in [-0.25, -0.2) is 4.99 Å². The van der Waals surface area contributed by atoms with Crippen LogP contribution in [0.5, 0.6) is 0 Å². The van der Waals surface area contributed by atoms with E-state index >= 15 is 0 Å². The molecule has 2 aromatic rings. The Balaban J connectivity index is 0.00000280. The number of hydrogen-bond donors (Lipinski definition) is 2. The molecule has 8 heteroatoms. The van der Waals surface area contributed by atoms with Gasteiger partial charge in [-0.2, -0.15) is 0 Å². The zero-order valence-corrected chi connectivity index (χ0v) is 18.9. The highest BCUT2D eigenvalue weighted by Crippen LogP contribution is 2.19. The minimum absolute atomic E-state index is 0. The summed E-state index contributed by atoms with van der Waals surface area (Å²) in [6.07, 6.45) is 0. The lowest BCUT2D eigenvalue weighted by molar-refractivity contribution is 0.0963. The van der Waals surface area contributed by atoms with Gasteiger partial charge in [0.25, 0.3) is 5.91 Å². The third-order valence-electron chi connectivity index (χ3n) is 4.66. The minimum atomic E-state index is -0.0943. The predicted molar refractivity (Wildman–Crippen MR) is 126 cm³/mol. The lowest BCUT2D eigenvalue weighted by atomic mass is 10.1. The second-order valence-electron chi connectivity index (χ2n) is 6.40. The summed E-state index contributed by atoms with van der Waals surface area (Å²) in [5, 5.41) is 3.36. The van der Waals surface area contributed by atoms with Crippen LogP contribution in [-0.4, -0.2) is 50.0 Å². The Morgan fingerprint density at radius 1 is 1.07 bits per heavy atom. The zero-order valence-electron chi connectivity index (χ0n) is 15.8. The van der Waals surface area contributed by atoms with Crippen molar-refractivity contribution in [1.82, 2.24) is 10.2 Å². The molecule has 0 aliphatic carbocycles. The molecule has 1 aliphatic heterocycles. The van der Waals surface area contributed by atoms with Crippen LogP contribution in [-0.2, 0) is 6.54 Å². The summed E-state index contributed by atoms with van der Waals surface area (Å²) in [6, 6.07) is 15.3. The van der Waals surface area contributed by atoms with Crippen molar-refractivity contribution < 1.29 is 4.79 Å². The predicted octanol–water partition coefficient (Wildman–Crippen LogP) is 2.95. The molecule has 1 fully saturated rings. The summed E-state index contributed by atoms with van der Waals surface area (Å²) in [6.45, 7) is 3.93. The van der Waals surface area contributed by atoms with E-state index in [0.29, 0.717) is 18.1 Å². The molecule has 2 aromatic carbocycles. The number of nitrogens with one attached hydrogen (secondary N) is 1. The molecule has 6 nitrogen and oxygen atoms in total. The van der Waals surface area contributed by atoms with Crippen molar-refractivity contribution in [2.75, 3.05) is 38.1 Å². The normalized spacial score (nSPS) is 14.4. The van der Waals surface area contributed by atoms with E-state index in [-0.39, 0.29) is 29.9 Å². The van der Waals surface area contributed by atoms with Crippen molar-refractivity contribution in [2.24, 2.45) is 10.7 Å². The molecule has 1 amide bonds. The number of nitrogens with two attached hydrogens (primary N) is 1. The van der Waals surface area contributed by atoms with Crippen LogP contribution in [0, 0.1) is 0 Å². The van der Waals surface area contributed by atoms with Gasteiger partial charge in [-0.05, 0) is 42.0 Å². The molecule has 3 N–H and O–H groups in total. The largest absolute Gasteiger partial charge is 0.370 e. The maximum absolute atomic E-state index is 11.6. The second-order valence-corrected chi connectivity index (χ2v) is 6.84. The molecular weight excluding hydrogens is 489 g/mol. The van der Waals surface area contributed by atoms with Gasteiger partial charge < -0.3 is 20.9 Å². The highest BCUT2D eigenvalue weighted by atomic mass is 127. The maximum atomic E-state index is 11.6. The smallest absolute Gasteiger partial charge is 0.251 e. The first kappa shape index (κ1) is 22.3. The highest BCUT2D eigenvalue weighted by molar-refractivity contribution is 14.0. The molecule has 1 saturated heterocycles. The molecule has 0 bridgehead atoms. The van der Waals surface area contributed by atoms with Gasteiger partial charge in [0.1, 0.15) is 0 Å². The molecule has 0 aromatic heterocycles. The Kier molecular flexibility index (Phi) is 8.37. The van der Waals surface area contributed by atoms with Crippen LogP contribution in [0.25, 0.3) is 0 Å². The van der Waals surface area contributed by atoms with Gasteiger partial charge in [-0.3, -0.25) is 4.79 Å². The van der Waals surface area contributed by atoms with Gasteiger partial charge in [-0.15, -0.1) is 24.0 Å². The Morgan fingerprint density at radius 3 is 2.25 bits per heavy atom. The van der Waals surface area contributed by atoms with Crippen molar-refractivity contribution in [1.29, 1.82) is 0 Å². The molecular formula is C20H25ClIN5O. The average molecular weight is 514 g/mol. The number of carbonyl (C=O) groups excluding carboxylic acids is 1. The van der Waals surface area contributed by atoms with E-state index in [9.17, 15) is 4.79 Å². The Labute approximate surface area is 187 Å². The maximum Gasteiger partial charge on any atom is 0.251 e. The molecule has 0 radical (unpaired) electrons. The molecule has 0 unspecified atom stereocenters. The standard InChI is InChI=1S/C20H24ClN5O.HI/c1-23-19(27)16-4-2-15(3-5-16)14-24-20(22)26-12-10-25(11-13-26)18-8-6-17(21)7-9-18;/h2-9H,10-14H2,1H3,(H2,22,24)(H,23,27);1H. The fourth-order valence-electron chi connectivity index (χ4n) is 3.02. The number of amides is 1. The van der Waals surface area contributed by atoms with E-state index in [1.54, 1.807) is 19.2 Å². The van der Waals surface area contributed by atoms with Gasteiger partial charge >= 0.3 is 0 Å². The summed E-state index contributed by atoms with van der Waals surface area (Å²) in [7, 11) is 1.62. The van der Waals surface area contributed by atoms with E-state index in [4.69, 9.17) is 17.3 Å². The number of anilines is 1. The molecule has 0 spiro atoms. The van der Waals surface area contributed by atoms with E-state index in [2.05, 4.69) is 20.1 Å². The molecule has 150 valence electrons. The molecule has 0 saturated carbocycles. The fraction of sp³-hybridized carbons (Fsp3) is 0.300. The Hall–Kier alpha value is -2.00. The Morgan fingerprint density at radius 2 is 1.68 bits per heavy atom. The quantitative estimate of drug-likeness (QED) is 0.375. The first-order valence-corrected chi connectivity index (χ1v) is 9.31. The van der Waals surface area contributed by atoms with Gasteiger partial charge in [0, 0.05) is 49.5 Å². The molecule has 3 rings (SSSR count). The lowest BCUT2D eigenvalue weighted by Gasteiger charge is -2.36. The topological polar surface area (TPSA) is 74.0 Å². The number of carbonyl (C=O) groups is 1. The fourth-order valence-corrected chi connectivity index (χ4v) is 3.15. The van der Waals surface area contributed by atoms with Gasteiger partial charge in [-0.1, -0.05) is 23.7 Å². The van der Waals surface area contributed by atoms with Crippen LogP contribution in [0.2, 0.25) is 5.02 Å². The number of benzene rings is 2. The third-order valence-corrected chi connectivity index (χ3v) is 4.91. The van der Waals surface area contributed by atoms with Gasteiger partial charge in [0.15, 0.2) is 5.96 Å². The number of hydrogen-bond acceptors (Lipinski definition) is 3. The van der Waals surface area contributed by atoms with E-state index in [0.717, 1.165) is 36.8 Å². The first-order valence-electron chi connectivity index (χ1n) is 8.93. The van der Waals surface area contributed by atoms with Gasteiger partial charge in [0.05, 0.1) is 6.54 Å². The summed E-state index contributed by atoms with van der Waals surface area (Å²) in [5.41, 5.74) is 9.00. The number of rotatable bonds is 4. The molecule has 0 atom stereocenters. The number of halogens is 2. The molecule has 1 heterocycles. The SMILES string of the molecule is CNC(=O)c1ccc(CN=C(N)N2CCN(c3ccc(Cl)cc3)CC2)cc1.I. The summed E-state index contributed by atoms with van der Waals surface area (Å²) in [4.78, 5) is 20.5. The highest BCUT2D eigenvalue weighted by Gasteiger charge is 2.18. The lowest BCUT2D eigenvalue weighted by Crippen LogP contribution is -2.51. The van der Waals surface area contributed by atoms with Crippen LogP contribution in [0.15, 0.2) is 53.5 Å². The monoisotopic (exact) mass is 513 g/mol. The van der Waals surface area contributed by atoms with Crippen molar-refractivity contribution in [3.8, 4) is 0 Å². The number of aliphatic imine (C=N–C) groups is 1. The van der Waals surface area contributed by atoms with E-state index in [1.165, 1.54) is 5.69 Å². The Bertz CT molecular complexity index is 802.